The topological polar surface area (TPSA) is 75.5 Å². The molecule has 6 nitrogen and oxygen atoms in total. The van der Waals surface area contributed by atoms with Crippen molar-refractivity contribution >= 4 is 5.97 Å². The Kier molecular flexibility index (Phi) is 6.14. The van der Waals surface area contributed by atoms with Crippen LogP contribution in [0.1, 0.15) is 24.0 Å². The Hall–Kier alpha value is -3.39. The minimum absolute atomic E-state index is 0.0349. The van der Waals surface area contributed by atoms with E-state index in [0.717, 1.165) is 24.4 Å². The molecule has 1 N–H and O–H groups in total. The minimum Gasteiger partial charge on any atom is -0.481 e. The van der Waals surface area contributed by atoms with Crippen LogP contribution in [0.3, 0.4) is 0 Å². The molecular weight excluding hydrogens is 416 g/mol. The normalized spacial score (nSPS) is 16.0. The number of hydrogen-bond acceptors (Lipinski definition) is 5. The number of benzene rings is 1. The average molecular weight is 439 g/mol. The number of hydrogen-bond donors (Lipinski definition) is 1. The Morgan fingerprint density at radius 3 is 2.47 bits per heavy atom. The lowest BCUT2D eigenvalue weighted by atomic mass is 9.73. The first-order valence-electron chi connectivity index (χ1n) is 10.3. The SMILES string of the molecule is COc1ncc(F)cc1-c1ncc(C2(C(=O)O)CCN(Cc3ccccc3)CC2)cc1F. The highest BCUT2D eigenvalue weighted by Gasteiger charge is 2.43. The first-order chi connectivity index (χ1) is 15.4. The molecule has 4 rings (SSSR count). The van der Waals surface area contributed by atoms with Gasteiger partial charge in [0.1, 0.15) is 17.3 Å². The number of rotatable bonds is 6. The monoisotopic (exact) mass is 439 g/mol. The summed E-state index contributed by atoms with van der Waals surface area (Å²) < 4.78 is 33.8. The fraction of sp³-hybridized carbons (Fsp3) is 0.292. The van der Waals surface area contributed by atoms with E-state index in [1.54, 1.807) is 0 Å². The van der Waals surface area contributed by atoms with Crippen LogP contribution in [0.25, 0.3) is 11.3 Å². The van der Waals surface area contributed by atoms with Gasteiger partial charge in [0, 0.05) is 12.7 Å². The Balaban J connectivity index is 1.59. The van der Waals surface area contributed by atoms with Gasteiger partial charge in [-0.1, -0.05) is 30.3 Å². The molecule has 0 spiro atoms. The molecule has 8 heteroatoms. The molecule has 1 aliphatic heterocycles. The smallest absolute Gasteiger partial charge is 0.314 e. The van der Waals surface area contributed by atoms with Crippen molar-refractivity contribution in [2.75, 3.05) is 20.2 Å². The second kappa shape index (κ2) is 9.00. The molecule has 0 radical (unpaired) electrons. The van der Waals surface area contributed by atoms with Crippen LogP contribution in [0.5, 0.6) is 5.88 Å². The number of carbonyl (C=O) groups is 1. The molecule has 32 heavy (non-hydrogen) atoms. The van der Waals surface area contributed by atoms with Gasteiger partial charge in [0.05, 0.1) is 24.3 Å². The third kappa shape index (κ3) is 4.18. The van der Waals surface area contributed by atoms with Crippen molar-refractivity contribution in [2.45, 2.75) is 24.8 Å². The summed E-state index contributed by atoms with van der Waals surface area (Å²) in [5, 5.41) is 10.1. The first kappa shape index (κ1) is 21.8. The lowest BCUT2D eigenvalue weighted by Crippen LogP contribution is -2.47. The highest BCUT2D eigenvalue weighted by Crippen LogP contribution is 2.38. The van der Waals surface area contributed by atoms with E-state index in [2.05, 4.69) is 14.9 Å². The fourth-order valence-electron chi connectivity index (χ4n) is 4.22. The van der Waals surface area contributed by atoms with Crippen LogP contribution in [0.15, 0.2) is 54.9 Å². The molecule has 0 saturated carbocycles. The lowest BCUT2D eigenvalue weighted by molar-refractivity contribution is -0.146. The second-order valence-electron chi connectivity index (χ2n) is 7.91. The van der Waals surface area contributed by atoms with Crippen LogP contribution < -0.4 is 4.74 Å². The molecule has 1 saturated heterocycles. The lowest BCUT2D eigenvalue weighted by Gasteiger charge is -2.39. The number of carboxylic acids is 1. The molecule has 0 atom stereocenters. The molecule has 1 fully saturated rings. The minimum atomic E-state index is -1.23. The van der Waals surface area contributed by atoms with Gasteiger partial charge in [0.2, 0.25) is 5.88 Å². The van der Waals surface area contributed by atoms with E-state index in [9.17, 15) is 14.3 Å². The third-order valence-electron chi connectivity index (χ3n) is 6.03. The van der Waals surface area contributed by atoms with Gasteiger partial charge in [-0.25, -0.2) is 13.8 Å². The molecule has 3 aromatic rings. The van der Waals surface area contributed by atoms with Gasteiger partial charge in [0.25, 0.3) is 0 Å². The number of aliphatic carboxylic acids is 1. The Morgan fingerprint density at radius 1 is 1.12 bits per heavy atom. The summed E-state index contributed by atoms with van der Waals surface area (Å²) >= 11 is 0. The van der Waals surface area contributed by atoms with E-state index in [-0.39, 0.29) is 17.1 Å². The van der Waals surface area contributed by atoms with E-state index >= 15 is 4.39 Å². The molecule has 0 aliphatic carbocycles. The number of piperidine rings is 1. The maximum Gasteiger partial charge on any atom is 0.314 e. The molecule has 166 valence electrons. The molecule has 0 unspecified atom stereocenters. The van der Waals surface area contributed by atoms with E-state index in [1.165, 1.54) is 19.4 Å². The van der Waals surface area contributed by atoms with E-state index in [0.29, 0.717) is 31.5 Å². The summed E-state index contributed by atoms with van der Waals surface area (Å²) in [6.45, 7) is 1.85. The standard InChI is InChI=1S/C24H23F2N3O3/c1-32-22-19(12-18(25)14-28-22)21-20(26)11-17(13-27-21)24(23(30)31)7-9-29(10-8-24)15-16-5-3-2-4-6-16/h2-6,11-14H,7-10,15H2,1H3,(H,30,31). The van der Waals surface area contributed by atoms with Crippen molar-refractivity contribution in [3.63, 3.8) is 0 Å². The predicted octanol–water partition coefficient (Wildman–Crippen LogP) is 4.05. The van der Waals surface area contributed by atoms with Crippen LogP contribution in [0.2, 0.25) is 0 Å². The predicted molar refractivity (Wildman–Crippen MR) is 114 cm³/mol. The van der Waals surface area contributed by atoms with Gasteiger partial charge in [-0.15, -0.1) is 0 Å². The zero-order valence-corrected chi connectivity index (χ0v) is 17.6. The number of methoxy groups -OCH3 is 1. The molecule has 0 amide bonds. The zero-order valence-electron chi connectivity index (χ0n) is 17.6. The largest absolute Gasteiger partial charge is 0.481 e. The third-order valence-corrected chi connectivity index (χ3v) is 6.03. The summed E-state index contributed by atoms with van der Waals surface area (Å²) in [7, 11) is 1.35. The van der Waals surface area contributed by atoms with Crippen molar-refractivity contribution in [1.82, 2.24) is 14.9 Å². The van der Waals surface area contributed by atoms with Crippen molar-refractivity contribution in [1.29, 1.82) is 0 Å². The van der Waals surface area contributed by atoms with Gasteiger partial charge >= 0.3 is 5.97 Å². The molecule has 3 heterocycles. The van der Waals surface area contributed by atoms with Crippen LogP contribution in [0, 0.1) is 11.6 Å². The van der Waals surface area contributed by atoms with Crippen LogP contribution in [-0.4, -0.2) is 46.1 Å². The number of likely N-dealkylation sites (tertiary alicyclic amines) is 1. The zero-order chi connectivity index (χ0) is 22.7. The molecule has 1 aromatic carbocycles. The van der Waals surface area contributed by atoms with Crippen LogP contribution in [0.4, 0.5) is 8.78 Å². The highest BCUT2D eigenvalue weighted by molar-refractivity contribution is 5.82. The molecule has 1 aliphatic rings. The van der Waals surface area contributed by atoms with Crippen molar-refractivity contribution in [2.24, 2.45) is 0 Å². The number of aromatic nitrogens is 2. The van der Waals surface area contributed by atoms with Crippen LogP contribution in [-0.2, 0) is 16.8 Å². The number of nitrogens with zero attached hydrogens (tertiary/aromatic N) is 3. The van der Waals surface area contributed by atoms with Gasteiger partial charge in [-0.05, 0) is 49.2 Å². The van der Waals surface area contributed by atoms with E-state index in [4.69, 9.17) is 4.74 Å². The fourth-order valence-corrected chi connectivity index (χ4v) is 4.22. The molecule has 2 aromatic heterocycles. The Morgan fingerprint density at radius 2 is 1.84 bits per heavy atom. The number of ether oxygens (including phenoxy) is 1. The molecule has 0 bridgehead atoms. The average Bonchev–Trinajstić information content (AvgIpc) is 2.80. The van der Waals surface area contributed by atoms with Gasteiger partial charge in [-0.3, -0.25) is 14.7 Å². The Bertz CT molecular complexity index is 1120. The Labute approximate surface area is 184 Å². The van der Waals surface area contributed by atoms with Crippen molar-refractivity contribution < 1.29 is 23.4 Å². The second-order valence-corrected chi connectivity index (χ2v) is 7.91. The van der Waals surface area contributed by atoms with Gasteiger partial charge < -0.3 is 9.84 Å². The van der Waals surface area contributed by atoms with E-state index in [1.807, 2.05) is 30.3 Å². The quantitative estimate of drug-likeness (QED) is 0.625. The highest BCUT2D eigenvalue weighted by atomic mass is 19.1. The summed E-state index contributed by atoms with van der Waals surface area (Å²) in [4.78, 5) is 22.5. The van der Waals surface area contributed by atoms with Crippen LogP contribution >= 0.6 is 0 Å². The van der Waals surface area contributed by atoms with Crippen molar-refractivity contribution in [3.8, 4) is 17.1 Å². The summed E-state index contributed by atoms with van der Waals surface area (Å²) in [6.07, 6.45) is 3.00. The van der Waals surface area contributed by atoms with Gasteiger partial charge in [0.15, 0.2) is 0 Å². The van der Waals surface area contributed by atoms with Gasteiger partial charge in [-0.2, -0.15) is 0 Å². The first-order valence-corrected chi connectivity index (χ1v) is 10.3. The number of pyridine rings is 2. The number of halogens is 2. The number of carboxylic acid groups (broad SMARTS) is 1. The van der Waals surface area contributed by atoms with E-state index < -0.39 is 23.0 Å². The molecular formula is C24H23F2N3O3. The summed E-state index contributed by atoms with van der Waals surface area (Å²) in [6, 6.07) is 12.2. The summed E-state index contributed by atoms with van der Waals surface area (Å²) in [5.74, 6) is -2.37. The maximum atomic E-state index is 15.1. The summed E-state index contributed by atoms with van der Waals surface area (Å²) in [5.41, 5.74) is 0.154. The maximum absolute atomic E-state index is 15.1. The van der Waals surface area contributed by atoms with Crippen molar-refractivity contribution in [3.05, 3.63) is 77.6 Å².